The lowest BCUT2D eigenvalue weighted by molar-refractivity contribution is -0.292. The Balaban J connectivity index is 3.42. The van der Waals surface area contributed by atoms with Gasteiger partial charge in [0.25, 0.3) is 0 Å². The fourth-order valence-electron chi connectivity index (χ4n) is 1.21. The Morgan fingerprint density at radius 2 is 1.89 bits per heavy atom. The van der Waals surface area contributed by atoms with Gasteiger partial charge in [-0.15, -0.1) is 11.8 Å². The number of aromatic nitrogens is 2. The Labute approximate surface area is 107 Å². The predicted octanol–water partition coefficient (Wildman–Crippen LogP) is 2.85. The van der Waals surface area contributed by atoms with E-state index in [1.807, 2.05) is 0 Å². The Hall–Kier alpha value is -1.52. The second-order valence-electron chi connectivity index (χ2n) is 3.25. The van der Waals surface area contributed by atoms with Gasteiger partial charge < -0.3 is 9.84 Å². The number of hydrogen-bond acceptors (Lipinski definition) is 4. The molecule has 0 atom stereocenters. The van der Waals surface area contributed by atoms with Crippen molar-refractivity contribution in [2.24, 2.45) is 7.05 Å². The third kappa shape index (κ3) is 2.74. The van der Waals surface area contributed by atoms with Crippen molar-refractivity contribution in [3.8, 4) is 5.88 Å². The number of nitrogens with zero attached hydrogens (tertiary/aromatic N) is 2. The summed E-state index contributed by atoms with van der Waals surface area (Å²) in [7, 11) is 0.994. The van der Waals surface area contributed by atoms with Crippen LogP contribution in [0.2, 0.25) is 0 Å². The number of carboxylic acid groups (broad SMARTS) is 1. The largest absolute Gasteiger partial charge is 0.512 e. The van der Waals surface area contributed by atoms with Crippen molar-refractivity contribution < 1.29 is 36.6 Å². The van der Waals surface area contributed by atoms with Crippen molar-refractivity contribution in [3.63, 3.8) is 0 Å². The number of aryl methyl sites for hydroxylation is 1. The van der Waals surface area contributed by atoms with Crippen LogP contribution in [0.1, 0.15) is 5.69 Å². The smallest absolute Gasteiger partial charge is 0.449 e. The van der Waals surface area contributed by atoms with Gasteiger partial charge in [-0.25, -0.2) is 9.48 Å². The van der Waals surface area contributed by atoms with E-state index in [9.17, 15) is 26.7 Å². The maximum absolute atomic E-state index is 13.2. The molecular formula is C8H7F5N2O3S. The van der Waals surface area contributed by atoms with Gasteiger partial charge >= 0.3 is 18.3 Å². The molecule has 1 aromatic heterocycles. The highest BCUT2D eigenvalue weighted by Crippen LogP contribution is 2.48. The molecule has 0 saturated heterocycles. The van der Waals surface area contributed by atoms with Crippen molar-refractivity contribution in [1.29, 1.82) is 0 Å². The van der Waals surface area contributed by atoms with Gasteiger partial charge in [0.1, 0.15) is 0 Å². The summed E-state index contributed by atoms with van der Waals surface area (Å²) < 4.78 is 67.9. The second-order valence-corrected chi connectivity index (χ2v) is 4.07. The van der Waals surface area contributed by atoms with Crippen LogP contribution >= 0.6 is 11.8 Å². The van der Waals surface area contributed by atoms with E-state index in [0.29, 0.717) is 16.4 Å². The van der Waals surface area contributed by atoms with Gasteiger partial charge in [-0.2, -0.15) is 27.1 Å². The first kappa shape index (κ1) is 15.5. The molecule has 11 heteroatoms. The van der Waals surface area contributed by atoms with Crippen molar-refractivity contribution in [2.45, 2.75) is 17.0 Å². The van der Waals surface area contributed by atoms with Crippen LogP contribution in [0.25, 0.3) is 0 Å². The fourth-order valence-corrected chi connectivity index (χ4v) is 1.92. The third-order valence-electron chi connectivity index (χ3n) is 1.99. The normalized spacial score (nSPS) is 12.6. The predicted molar refractivity (Wildman–Crippen MR) is 53.6 cm³/mol. The molecule has 0 aliphatic carbocycles. The van der Waals surface area contributed by atoms with Crippen LogP contribution in [0.5, 0.6) is 5.88 Å². The summed E-state index contributed by atoms with van der Waals surface area (Å²) in [6.07, 6.45) is -6.49. The van der Waals surface area contributed by atoms with E-state index in [1.54, 1.807) is 0 Å². The SMILES string of the molecule is CSc1c(C(F)(F)C(F)(F)F)nn(C)c1OC(=O)O. The molecule has 0 spiro atoms. The zero-order valence-electron chi connectivity index (χ0n) is 9.46. The summed E-state index contributed by atoms with van der Waals surface area (Å²) in [5, 5.41) is 11.4. The van der Waals surface area contributed by atoms with Crippen LogP contribution in [-0.4, -0.2) is 33.5 Å². The fraction of sp³-hybridized carbons (Fsp3) is 0.500. The average molecular weight is 306 g/mol. The van der Waals surface area contributed by atoms with Crippen LogP contribution in [-0.2, 0) is 13.0 Å². The maximum atomic E-state index is 13.2. The molecule has 0 aromatic carbocycles. The van der Waals surface area contributed by atoms with Gasteiger partial charge in [-0.3, -0.25) is 0 Å². The van der Waals surface area contributed by atoms with Gasteiger partial charge in [-0.05, 0) is 6.26 Å². The first-order chi connectivity index (χ1) is 8.52. The lowest BCUT2D eigenvalue weighted by Gasteiger charge is -2.18. The number of thioether (sulfide) groups is 1. The van der Waals surface area contributed by atoms with Crippen LogP contribution in [0.15, 0.2) is 4.90 Å². The van der Waals surface area contributed by atoms with Crippen LogP contribution in [0.4, 0.5) is 26.7 Å². The highest BCUT2D eigenvalue weighted by molar-refractivity contribution is 7.98. The van der Waals surface area contributed by atoms with Crippen molar-refractivity contribution in [3.05, 3.63) is 5.69 Å². The van der Waals surface area contributed by atoms with Crippen LogP contribution < -0.4 is 4.74 Å². The maximum Gasteiger partial charge on any atom is 0.512 e. The summed E-state index contributed by atoms with van der Waals surface area (Å²) in [4.78, 5) is 9.67. The van der Waals surface area contributed by atoms with E-state index in [-0.39, 0.29) is 0 Å². The molecule has 0 amide bonds. The zero-order valence-corrected chi connectivity index (χ0v) is 10.3. The summed E-state index contributed by atoms with van der Waals surface area (Å²) in [6.45, 7) is 0. The number of halogens is 5. The van der Waals surface area contributed by atoms with Gasteiger partial charge in [0, 0.05) is 7.05 Å². The molecular weight excluding hydrogens is 299 g/mol. The molecule has 0 unspecified atom stereocenters. The van der Waals surface area contributed by atoms with Crippen LogP contribution in [0, 0.1) is 0 Å². The Kier molecular flexibility index (Phi) is 3.98. The van der Waals surface area contributed by atoms with Gasteiger partial charge in [0.05, 0.1) is 4.90 Å². The van der Waals surface area contributed by atoms with E-state index >= 15 is 0 Å². The molecule has 1 rings (SSSR count). The molecule has 1 heterocycles. The minimum Gasteiger partial charge on any atom is -0.449 e. The topological polar surface area (TPSA) is 64.4 Å². The standard InChI is InChI=1S/C8H7F5N2O3S/c1-15-5(18-6(16)17)3(19-2)4(14-15)7(9,10)8(11,12)13/h1-2H3,(H,16,17). The molecule has 0 bridgehead atoms. The quantitative estimate of drug-likeness (QED) is 0.528. The highest BCUT2D eigenvalue weighted by Gasteiger charge is 2.62. The van der Waals surface area contributed by atoms with Crippen molar-refractivity contribution >= 4 is 17.9 Å². The van der Waals surface area contributed by atoms with E-state index in [0.717, 1.165) is 7.05 Å². The molecule has 1 N–H and O–H groups in total. The molecule has 0 fully saturated rings. The highest BCUT2D eigenvalue weighted by atomic mass is 32.2. The molecule has 0 saturated carbocycles. The Bertz CT molecular complexity index is 499. The molecule has 108 valence electrons. The zero-order chi connectivity index (χ0) is 15.0. The lowest BCUT2D eigenvalue weighted by Crippen LogP contribution is -2.34. The summed E-state index contributed by atoms with van der Waals surface area (Å²) in [5.41, 5.74) is -1.59. The third-order valence-corrected chi connectivity index (χ3v) is 2.77. The number of carbonyl (C=O) groups is 1. The first-order valence-electron chi connectivity index (χ1n) is 4.49. The van der Waals surface area contributed by atoms with Gasteiger partial charge in [0.15, 0.2) is 5.69 Å². The average Bonchev–Trinajstić information content (AvgIpc) is 2.54. The molecule has 0 aliphatic rings. The van der Waals surface area contributed by atoms with Crippen LogP contribution in [0.3, 0.4) is 0 Å². The summed E-state index contributed by atoms with van der Waals surface area (Å²) >= 11 is 0.476. The van der Waals surface area contributed by atoms with Crippen molar-refractivity contribution in [1.82, 2.24) is 9.78 Å². The van der Waals surface area contributed by atoms with E-state index in [2.05, 4.69) is 9.84 Å². The number of rotatable bonds is 3. The number of ether oxygens (including phenoxy) is 1. The number of alkyl halides is 5. The number of hydrogen-bond donors (Lipinski definition) is 1. The molecule has 19 heavy (non-hydrogen) atoms. The van der Waals surface area contributed by atoms with E-state index in [4.69, 9.17) is 5.11 Å². The Morgan fingerprint density at radius 1 is 1.37 bits per heavy atom. The second kappa shape index (κ2) is 4.87. The molecule has 1 aromatic rings. The Morgan fingerprint density at radius 3 is 2.26 bits per heavy atom. The molecule has 0 radical (unpaired) electrons. The molecule has 0 aliphatic heterocycles. The summed E-state index contributed by atoms with van der Waals surface area (Å²) in [5.74, 6) is -5.90. The minimum absolute atomic E-state index is 0.476. The van der Waals surface area contributed by atoms with Gasteiger partial charge in [0.2, 0.25) is 5.88 Å². The van der Waals surface area contributed by atoms with Crippen molar-refractivity contribution in [2.75, 3.05) is 6.26 Å². The summed E-state index contributed by atoms with van der Waals surface area (Å²) in [6, 6.07) is 0. The molecule has 5 nitrogen and oxygen atoms in total. The van der Waals surface area contributed by atoms with E-state index < -0.39 is 34.7 Å². The minimum atomic E-state index is -5.84. The lowest BCUT2D eigenvalue weighted by atomic mass is 10.2. The van der Waals surface area contributed by atoms with E-state index in [1.165, 1.54) is 6.26 Å². The first-order valence-corrected chi connectivity index (χ1v) is 5.71. The van der Waals surface area contributed by atoms with Gasteiger partial charge in [-0.1, -0.05) is 0 Å². The monoisotopic (exact) mass is 306 g/mol.